The fourth-order valence-corrected chi connectivity index (χ4v) is 4.20. The lowest BCUT2D eigenvalue weighted by molar-refractivity contribution is -0.384. The van der Waals surface area contributed by atoms with Crippen molar-refractivity contribution in [2.24, 2.45) is 0 Å². The molecule has 0 aromatic heterocycles. The van der Waals surface area contributed by atoms with Gasteiger partial charge >= 0.3 is 6.03 Å². The Morgan fingerprint density at radius 2 is 1.85 bits per heavy atom. The van der Waals surface area contributed by atoms with Crippen LogP contribution in [0.5, 0.6) is 0 Å². The summed E-state index contributed by atoms with van der Waals surface area (Å²) in [4.78, 5) is 51.1. The van der Waals surface area contributed by atoms with Crippen LogP contribution >= 0.6 is 0 Å². The van der Waals surface area contributed by atoms with Gasteiger partial charge in [-0.1, -0.05) is 30.3 Å². The van der Waals surface area contributed by atoms with E-state index in [0.717, 1.165) is 31.5 Å². The summed E-state index contributed by atoms with van der Waals surface area (Å²) in [5, 5.41) is 14.9. The highest BCUT2D eigenvalue weighted by Gasteiger charge is 2.48. The van der Waals surface area contributed by atoms with Gasteiger partial charge in [-0.05, 0) is 50.3 Å². The molecule has 10 nitrogen and oxygen atoms in total. The molecule has 4 amide bonds. The summed E-state index contributed by atoms with van der Waals surface area (Å²) in [6, 6.07) is 13.0. The molecule has 0 bridgehead atoms. The summed E-state index contributed by atoms with van der Waals surface area (Å²) in [5.74, 6) is -1.36. The number of carbonyl (C=O) groups is 3. The molecule has 172 valence electrons. The summed E-state index contributed by atoms with van der Waals surface area (Å²) in [5.41, 5.74) is 2.41. The number of nitro benzene ring substituents is 1. The van der Waals surface area contributed by atoms with Crippen LogP contribution in [-0.2, 0) is 11.2 Å². The number of hydrazine groups is 1. The monoisotopic (exact) mass is 451 g/mol. The minimum Gasteiger partial charge on any atom is -0.366 e. The Labute approximate surface area is 190 Å². The molecule has 1 atom stereocenters. The van der Waals surface area contributed by atoms with Crippen molar-refractivity contribution in [3.63, 3.8) is 0 Å². The van der Waals surface area contributed by atoms with Crippen molar-refractivity contribution >= 4 is 29.2 Å². The molecule has 33 heavy (non-hydrogen) atoms. The Bertz CT molecular complexity index is 1100. The van der Waals surface area contributed by atoms with Gasteiger partial charge in [0.25, 0.3) is 17.5 Å². The zero-order valence-corrected chi connectivity index (χ0v) is 18.2. The zero-order valence-electron chi connectivity index (χ0n) is 18.2. The van der Waals surface area contributed by atoms with Crippen molar-refractivity contribution in [2.75, 3.05) is 18.0 Å². The number of hydrogen-bond donors (Lipinski definition) is 2. The normalized spacial score (nSPS) is 20.2. The molecule has 0 radical (unpaired) electrons. The molecule has 2 saturated heterocycles. The number of anilines is 1. The number of imide groups is 1. The number of amides is 4. The number of carbonyl (C=O) groups excluding carboxylic acids is 3. The van der Waals surface area contributed by atoms with E-state index in [1.165, 1.54) is 18.2 Å². The van der Waals surface area contributed by atoms with Crippen LogP contribution in [0.1, 0.15) is 42.1 Å². The van der Waals surface area contributed by atoms with Gasteiger partial charge in [0.15, 0.2) is 0 Å². The van der Waals surface area contributed by atoms with Crippen LogP contribution < -0.4 is 15.6 Å². The summed E-state index contributed by atoms with van der Waals surface area (Å²) in [6.07, 6.45) is 2.82. The minimum absolute atomic E-state index is 0.0110. The van der Waals surface area contributed by atoms with Gasteiger partial charge in [-0.2, -0.15) is 5.01 Å². The second kappa shape index (κ2) is 8.89. The number of nitrogens with one attached hydrogen (secondary N) is 2. The van der Waals surface area contributed by atoms with E-state index in [0.29, 0.717) is 23.5 Å². The molecular formula is C23H25N5O5. The van der Waals surface area contributed by atoms with Crippen LogP contribution in [0.2, 0.25) is 0 Å². The summed E-state index contributed by atoms with van der Waals surface area (Å²) < 4.78 is 0. The van der Waals surface area contributed by atoms with Crippen molar-refractivity contribution in [1.29, 1.82) is 0 Å². The molecule has 1 unspecified atom stereocenters. The van der Waals surface area contributed by atoms with E-state index in [1.54, 1.807) is 6.92 Å². The van der Waals surface area contributed by atoms with Gasteiger partial charge in [0.05, 0.1) is 4.92 Å². The maximum atomic E-state index is 12.9. The van der Waals surface area contributed by atoms with Gasteiger partial charge in [-0.15, -0.1) is 0 Å². The first-order chi connectivity index (χ1) is 15.8. The van der Waals surface area contributed by atoms with Crippen molar-refractivity contribution in [3.05, 3.63) is 69.8 Å². The van der Waals surface area contributed by atoms with Crippen LogP contribution in [0.15, 0.2) is 48.5 Å². The van der Waals surface area contributed by atoms with E-state index in [4.69, 9.17) is 0 Å². The largest absolute Gasteiger partial charge is 0.366 e. The Hall–Kier alpha value is -3.95. The molecule has 2 aromatic rings. The van der Waals surface area contributed by atoms with Gasteiger partial charge < -0.3 is 10.2 Å². The number of nitro groups is 1. The Balaban J connectivity index is 1.47. The zero-order chi connectivity index (χ0) is 23.6. The molecule has 0 spiro atoms. The SMILES string of the molecule is CC1(CCc2ccccc2)NC(=O)N(NC(=O)c2ccc(N3CCCC3)c([N+](=O)[O-])c2)C1=O. The smallest absolute Gasteiger partial charge is 0.344 e. The van der Waals surface area contributed by atoms with Crippen LogP contribution in [-0.4, -0.2) is 46.4 Å². The number of benzene rings is 2. The summed E-state index contributed by atoms with van der Waals surface area (Å²) in [6.45, 7) is 3.05. The molecule has 0 aliphatic carbocycles. The highest BCUT2D eigenvalue weighted by molar-refractivity contribution is 6.09. The number of rotatable bonds is 7. The third-order valence-electron chi connectivity index (χ3n) is 6.11. The van der Waals surface area contributed by atoms with Gasteiger partial charge in [0.2, 0.25) is 0 Å². The minimum atomic E-state index is -1.17. The molecule has 2 aliphatic rings. The maximum Gasteiger partial charge on any atom is 0.344 e. The molecule has 2 fully saturated rings. The molecule has 2 aliphatic heterocycles. The summed E-state index contributed by atoms with van der Waals surface area (Å²) >= 11 is 0. The fourth-order valence-electron chi connectivity index (χ4n) is 4.20. The standard InChI is InChI=1S/C23H25N5O5/c1-23(12-11-16-7-3-2-4-8-16)21(30)27(22(31)24-23)25-20(29)17-9-10-18(19(15-17)28(32)33)26-13-5-6-14-26/h2-4,7-10,15H,5-6,11-14H2,1H3,(H,24,31)(H,25,29). The van der Waals surface area contributed by atoms with Gasteiger partial charge in [-0.25, -0.2) is 4.79 Å². The van der Waals surface area contributed by atoms with Gasteiger partial charge in [0, 0.05) is 24.7 Å². The number of aryl methyl sites for hydroxylation is 1. The van der Waals surface area contributed by atoms with Crippen LogP contribution in [0.25, 0.3) is 0 Å². The first kappa shape index (κ1) is 22.3. The Morgan fingerprint density at radius 1 is 1.15 bits per heavy atom. The van der Waals surface area contributed by atoms with Crippen LogP contribution in [0, 0.1) is 10.1 Å². The number of hydrogen-bond acceptors (Lipinski definition) is 6. The average Bonchev–Trinajstić information content (AvgIpc) is 3.41. The van der Waals surface area contributed by atoms with E-state index in [2.05, 4.69) is 10.7 Å². The molecule has 10 heteroatoms. The van der Waals surface area contributed by atoms with Crippen molar-refractivity contribution in [1.82, 2.24) is 15.8 Å². The van der Waals surface area contributed by atoms with E-state index < -0.39 is 28.3 Å². The van der Waals surface area contributed by atoms with E-state index in [-0.39, 0.29) is 11.3 Å². The van der Waals surface area contributed by atoms with Crippen LogP contribution in [0.3, 0.4) is 0 Å². The molecule has 2 N–H and O–H groups in total. The van der Waals surface area contributed by atoms with Crippen molar-refractivity contribution in [3.8, 4) is 0 Å². The quantitative estimate of drug-likeness (QED) is 0.379. The first-order valence-corrected chi connectivity index (χ1v) is 10.8. The lowest BCUT2D eigenvalue weighted by Crippen LogP contribution is -2.49. The van der Waals surface area contributed by atoms with E-state index in [1.807, 2.05) is 35.2 Å². The second-order valence-corrected chi connectivity index (χ2v) is 8.48. The highest BCUT2D eigenvalue weighted by atomic mass is 16.6. The van der Waals surface area contributed by atoms with Crippen molar-refractivity contribution in [2.45, 2.75) is 38.1 Å². The fraction of sp³-hybridized carbons (Fsp3) is 0.348. The Kier molecular flexibility index (Phi) is 5.99. The lowest BCUT2D eigenvalue weighted by atomic mass is 9.93. The topological polar surface area (TPSA) is 125 Å². The van der Waals surface area contributed by atoms with Crippen molar-refractivity contribution < 1.29 is 19.3 Å². The molecule has 4 rings (SSSR count). The van der Waals surface area contributed by atoms with Gasteiger partial charge in [0.1, 0.15) is 11.2 Å². The average molecular weight is 451 g/mol. The molecular weight excluding hydrogens is 426 g/mol. The van der Waals surface area contributed by atoms with E-state index in [9.17, 15) is 24.5 Å². The van der Waals surface area contributed by atoms with Crippen LogP contribution in [0.4, 0.5) is 16.2 Å². The lowest BCUT2D eigenvalue weighted by Gasteiger charge is -2.21. The van der Waals surface area contributed by atoms with E-state index >= 15 is 0 Å². The van der Waals surface area contributed by atoms with Gasteiger partial charge in [-0.3, -0.25) is 25.1 Å². The molecule has 2 heterocycles. The predicted molar refractivity (Wildman–Crippen MR) is 121 cm³/mol. The first-order valence-electron chi connectivity index (χ1n) is 10.8. The molecule has 2 aromatic carbocycles. The second-order valence-electron chi connectivity index (χ2n) is 8.48. The third kappa shape index (κ3) is 4.50. The highest BCUT2D eigenvalue weighted by Crippen LogP contribution is 2.32. The predicted octanol–water partition coefficient (Wildman–Crippen LogP) is 2.78. The maximum absolute atomic E-state index is 12.9. The number of urea groups is 1. The number of nitrogens with zero attached hydrogens (tertiary/aromatic N) is 3. The third-order valence-corrected chi connectivity index (χ3v) is 6.11. The Morgan fingerprint density at radius 3 is 2.52 bits per heavy atom. The molecule has 0 saturated carbocycles. The summed E-state index contributed by atoms with van der Waals surface area (Å²) in [7, 11) is 0.